The molecule has 1 aromatic rings. The van der Waals surface area contributed by atoms with Crippen LogP contribution in [0.15, 0.2) is 17.0 Å². The maximum Gasteiger partial charge on any atom is 0.243 e. The predicted octanol–water partition coefficient (Wildman–Crippen LogP) is 2.34. The van der Waals surface area contributed by atoms with Crippen LogP contribution in [0.25, 0.3) is 0 Å². The lowest BCUT2D eigenvalue weighted by molar-refractivity contribution is 0.151. The number of hydrogen-bond acceptors (Lipinski definition) is 4. The highest BCUT2D eigenvalue weighted by Gasteiger charge is 2.37. The number of sulfonamides is 1. The highest BCUT2D eigenvalue weighted by Crippen LogP contribution is 2.30. The zero-order valence-corrected chi connectivity index (χ0v) is 16.3. The first-order chi connectivity index (χ1) is 11.3. The molecule has 0 amide bonds. The minimum absolute atomic E-state index is 0.0389. The van der Waals surface area contributed by atoms with Crippen molar-refractivity contribution < 1.29 is 13.2 Å². The van der Waals surface area contributed by atoms with Gasteiger partial charge in [-0.15, -0.1) is 0 Å². The third-order valence-corrected chi connectivity index (χ3v) is 6.95. The molecule has 1 atom stereocenters. The van der Waals surface area contributed by atoms with Crippen molar-refractivity contribution in [3.63, 3.8) is 0 Å². The Hall–Kier alpha value is -0.950. The molecule has 2 rings (SSSR count). The summed E-state index contributed by atoms with van der Waals surface area (Å²) < 4.78 is 33.4. The molecule has 1 aliphatic heterocycles. The van der Waals surface area contributed by atoms with Gasteiger partial charge in [-0.3, -0.25) is 0 Å². The molecule has 0 aliphatic carbocycles. The van der Waals surface area contributed by atoms with Gasteiger partial charge in [-0.2, -0.15) is 4.31 Å². The van der Waals surface area contributed by atoms with Gasteiger partial charge in [0.15, 0.2) is 0 Å². The van der Waals surface area contributed by atoms with Crippen LogP contribution in [0.1, 0.15) is 29.5 Å². The van der Waals surface area contributed by atoms with Crippen LogP contribution in [0.3, 0.4) is 0 Å². The normalized spacial score (nSPS) is 19.3. The van der Waals surface area contributed by atoms with Crippen molar-refractivity contribution in [2.75, 3.05) is 40.4 Å². The third kappa shape index (κ3) is 4.17. The minimum atomic E-state index is -3.46. The van der Waals surface area contributed by atoms with Gasteiger partial charge in [-0.05, 0) is 51.8 Å². The number of likely N-dealkylation sites (N-methyl/N-ethyl adjacent to an activating group) is 1. The quantitative estimate of drug-likeness (QED) is 0.754. The van der Waals surface area contributed by atoms with E-state index in [0.29, 0.717) is 18.0 Å². The molecule has 1 heterocycles. The molecule has 5 nitrogen and oxygen atoms in total. The highest BCUT2D eigenvalue weighted by atomic mass is 32.2. The van der Waals surface area contributed by atoms with Gasteiger partial charge in [-0.25, -0.2) is 8.42 Å². The second-order valence-corrected chi connectivity index (χ2v) is 8.72. The van der Waals surface area contributed by atoms with Crippen LogP contribution in [0.5, 0.6) is 0 Å². The molecule has 1 aliphatic rings. The third-order valence-electron chi connectivity index (χ3n) is 4.69. The number of nitrogens with zero attached hydrogens (tertiary/aromatic N) is 2. The SMILES string of the molecule is COCCN(C)C[C@@H]1CCCN1S(=O)(=O)c1c(C)cc(C)cc1C. The summed E-state index contributed by atoms with van der Waals surface area (Å²) in [6.07, 6.45) is 1.84. The molecule has 0 spiro atoms. The van der Waals surface area contributed by atoms with E-state index in [2.05, 4.69) is 4.90 Å². The standard InChI is InChI=1S/C18H30N2O3S/c1-14-11-15(2)18(16(3)12-14)24(21,22)20-8-6-7-17(20)13-19(4)9-10-23-5/h11-12,17H,6-10,13H2,1-5H3/t17-/m0/s1. The number of aryl methyl sites for hydroxylation is 3. The maximum absolute atomic E-state index is 13.3. The molecule has 0 unspecified atom stereocenters. The summed E-state index contributed by atoms with van der Waals surface area (Å²) in [7, 11) is 0.245. The zero-order valence-electron chi connectivity index (χ0n) is 15.5. The number of hydrogen-bond donors (Lipinski definition) is 0. The molecule has 0 saturated carbocycles. The van der Waals surface area contributed by atoms with E-state index in [-0.39, 0.29) is 6.04 Å². The van der Waals surface area contributed by atoms with Crippen LogP contribution in [0, 0.1) is 20.8 Å². The van der Waals surface area contributed by atoms with Crippen LogP contribution in [-0.2, 0) is 14.8 Å². The smallest absolute Gasteiger partial charge is 0.243 e. The average Bonchev–Trinajstić information content (AvgIpc) is 2.92. The molecule has 6 heteroatoms. The Morgan fingerprint density at radius 1 is 1.25 bits per heavy atom. The van der Waals surface area contributed by atoms with Gasteiger partial charge >= 0.3 is 0 Å². The summed E-state index contributed by atoms with van der Waals surface area (Å²) >= 11 is 0. The second-order valence-electron chi connectivity index (χ2n) is 6.89. The fraction of sp³-hybridized carbons (Fsp3) is 0.667. The summed E-state index contributed by atoms with van der Waals surface area (Å²) in [4.78, 5) is 2.64. The zero-order chi connectivity index (χ0) is 17.9. The van der Waals surface area contributed by atoms with E-state index in [0.717, 1.165) is 42.6 Å². The van der Waals surface area contributed by atoms with E-state index < -0.39 is 10.0 Å². The maximum atomic E-state index is 13.3. The molecular weight excluding hydrogens is 324 g/mol. The van der Waals surface area contributed by atoms with E-state index in [1.807, 2.05) is 40.0 Å². The summed E-state index contributed by atoms with van der Waals surface area (Å²) in [5.74, 6) is 0. The van der Waals surface area contributed by atoms with E-state index >= 15 is 0 Å². The molecule has 0 radical (unpaired) electrons. The Bertz CT molecular complexity index is 650. The Labute approximate surface area is 146 Å². The summed E-state index contributed by atoms with van der Waals surface area (Å²) in [5.41, 5.74) is 2.78. The molecule has 24 heavy (non-hydrogen) atoms. The van der Waals surface area contributed by atoms with Gasteiger partial charge in [0.25, 0.3) is 0 Å². The monoisotopic (exact) mass is 354 g/mol. The number of methoxy groups -OCH3 is 1. The van der Waals surface area contributed by atoms with Crippen molar-refractivity contribution in [2.45, 2.75) is 44.6 Å². The first-order valence-corrected chi connectivity index (χ1v) is 9.98. The Morgan fingerprint density at radius 2 is 1.88 bits per heavy atom. The average molecular weight is 355 g/mol. The van der Waals surface area contributed by atoms with Gasteiger partial charge in [0, 0.05) is 32.8 Å². The lowest BCUT2D eigenvalue weighted by atomic mass is 10.1. The van der Waals surface area contributed by atoms with E-state index in [4.69, 9.17) is 4.74 Å². The van der Waals surface area contributed by atoms with Crippen LogP contribution >= 0.6 is 0 Å². The van der Waals surface area contributed by atoms with Gasteiger partial charge in [0.05, 0.1) is 11.5 Å². The molecule has 1 aromatic carbocycles. The van der Waals surface area contributed by atoms with Gasteiger partial charge in [0.1, 0.15) is 0 Å². The van der Waals surface area contributed by atoms with Crippen LogP contribution in [0.2, 0.25) is 0 Å². The van der Waals surface area contributed by atoms with Gasteiger partial charge in [0.2, 0.25) is 10.0 Å². The summed E-state index contributed by atoms with van der Waals surface area (Å²) in [5, 5.41) is 0. The molecule has 1 fully saturated rings. The van der Waals surface area contributed by atoms with Gasteiger partial charge < -0.3 is 9.64 Å². The molecule has 0 N–H and O–H groups in total. The topological polar surface area (TPSA) is 49.9 Å². The van der Waals surface area contributed by atoms with Crippen molar-refractivity contribution in [3.8, 4) is 0 Å². The highest BCUT2D eigenvalue weighted by molar-refractivity contribution is 7.89. The molecule has 1 saturated heterocycles. The number of ether oxygens (including phenoxy) is 1. The Morgan fingerprint density at radius 3 is 2.46 bits per heavy atom. The lowest BCUT2D eigenvalue weighted by Gasteiger charge is -2.29. The molecular formula is C18H30N2O3S. The Balaban J connectivity index is 2.25. The van der Waals surface area contributed by atoms with Crippen molar-refractivity contribution >= 4 is 10.0 Å². The van der Waals surface area contributed by atoms with Crippen LogP contribution in [-0.4, -0.2) is 64.1 Å². The molecule has 0 aromatic heterocycles. The minimum Gasteiger partial charge on any atom is -0.383 e. The van der Waals surface area contributed by atoms with Crippen molar-refractivity contribution in [3.05, 3.63) is 28.8 Å². The van der Waals surface area contributed by atoms with Crippen LogP contribution in [0.4, 0.5) is 0 Å². The number of benzene rings is 1. The van der Waals surface area contributed by atoms with E-state index in [9.17, 15) is 8.42 Å². The van der Waals surface area contributed by atoms with Gasteiger partial charge in [-0.1, -0.05) is 17.7 Å². The Kier molecular flexibility index (Phi) is 6.42. The number of rotatable bonds is 7. The molecule has 136 valence electrons. The second kappa shape index (κ2) is 7.95. The molecule has 0 bridgehead atoms. The van der Waals surface area contributed by atoms with Crippen molar-refractivity contribution in [2.24, 2.45) is 0 Å². The first kappa shape index (κ1) is 19.4. The van der Waals surface area contributed by atoms with Crippen molar-refractivity contribution in [1.82, 2.24) is 9.21 Å². The van der Waals surface area contributed by atoms with Crippen molar-refractivity contribution in [1.29, 1.82) is 0 Å². The lowest BCUT2D eigenvalue weighted by Crippen LogP contribution is -2.43. The predicted molar refractivity (Wildman–Crippen MR) is 96.9 cm³/mol. The first-order valence-electron chi connectivity index (χ1n) is 8.54. The fourth-order valence-electron chi connectivity index (χ4n) is 3.70. The summed E-state index contributed by atoms with van der Waals surface area (Å²) in [6.45, 7) is 8.60. The fourth-order valence-corrected chi connectivity index (χ4v) is 5.80. The van der Waals surface area contributed by atoms with E-state index in [1.54, 1.807) is 11.4 Å². The summed E-state index contributed by atoms with van der Waals surface area (Å²) in [6, 6.07) is 3.95. The van der Waals surface area contributed by atoms with E-state index in [1.165, 1.54) is 0 Å². The largest absolute Gasteiger partial charge is 0.383 e. The van der Waals surface area contributed by atoms with Crippen LogP contribution < -0.4 is 0 Å².